The van der Waals surface area contributed by atoms with Crippen LogP contribution in [0, 0.1) is 0 Å². The Morgan fingerprint density at radius 3 is 2.37 bits per heavy atom. The number of carbonyl (C=O) groups excluding carboxylic acids is 1. The number of methoxy groups -OCH3 is 1. The van der Waals surface area contributed by atoms with E-state index < -0.39 is 0 Å². The fourth-order valence-electron chi connectivity index (χ4n) is 3.43. The van der Waals surface area contributed by atoms with Crippen LogP contribution in [0.3, 0.4) is 0 Å². The van der Waals surface area contributed by atoms with E-state index in [9.17, 15) is 4.79 Å². The lowest BCUT2D eigenvalue weighted by Crippen LogP contribution is -2.49. The topological polar surface area (TPSA) is 32.8 Å². The predicted molar refractivity (Wildman–Crippen MR) is 76.1 cm³/mol. The van der Waals surface area contributed by atoms with Gasteiger partial charge in [-0.15, -0.1) is 0 Å². The molecule has 2 aliphatic heterocycles. The van der Waals surface area contributed by atoms with E-state index in [1.54, 1.807) is 0 Å². The monoisotopic (exact) mass is 268 g/mol. The van der Waals surface area contributed by atoms with Gasteiger partial charge in [-0.25, -0.2) is 0 Å². The second-order valence-corrected chi connectivity index (χ2v) is 5.99. The molecule has 0 bridgehead atoms. The summed E-state index contributed by atoms with van der Waals surface area (Å²) in [5.41, 5.74) is 0. The first-order valence-corrected chi connectivity index (χ1v) is 7.75. The van der Waals surface area contributed by atoms with Gasteiger partial charge in [-0.2, -0.15) is 0 Å². The molecule has 0 radical (unpaired) electrons. The van der Waals surface area contributed by atoms with Crippen molar-refractivity contribution >= 4 is 5.97 Å². The van der Waals surface area contributed by atoms with Gasteiger partial charge in [0, 0.05) is 12.1 Å². The molecule has 0 aromatic rings. The first kappa shape index (κ1) is 14.8. The molecular weight excluding hydrogens is 240 g/mol. The molecule has 0 aromatic heterocycles. The molecule has 2 heterocycles. The quantitative estimate of drug-likeness (QED) is 0.729. The maximum Gasteiger partial charge on any atom is 0.307 e. The van der Waals surface area contributed by atoms with Crippen molar-refractivity contribution in [2.75, 3.05) is 33.3 Å². The highest BCUT2D eigenvalue weighted by atomic mass is 16.5. The molecule has 0 amide bonds. The van der Waals surface area contributed by atoms with Crippen LogP contribution in [0.2, 0.25) is 0 Å². The fourth-order valence-corrected chi connectivity index (χ4v) is 3.43. The first-order valence-electron chi connectivity index (χ1n) is 7.75. The minimum atomic E-state index is -0.0920. The summed E-state index contributed by atoms with van der Waals surface area (Å²) in [6.07, 6.45) is 7.19. The zero-order valence-corrected chi connectivity index (χ0v) is 12.4. The number of rotatable bonds is 4. The normalized spacial score (nSPS) is 25.2. The molecule has 2 rings (SSSR count). The van der Waals surface area contributed by atoms with Crippen LogP contribution >= 0.6 is 0 Å². The molecule has 0 N–H and O–H groups in total. The van der Waals surface area contributed by atoms with Crippen LogP contribution in [-0.4, -0.2) is 61.1 Å². The van der Waals surface area contributed by atoms with Crippen molar-refractivity contribution in [2.45, 2.75) is 57.5 Å². The van der Waals surface area contributed by atoms with Crippen LogP contribution in [0.1, 0.15) is 45.4 Å². The van der Waals surface area contributed by atoms with Gasteiger partial charge in [-0.05, 0) is 58.8 Å². The number of piperidine rings is 2. The Hall–Kier alpha value is -0.610. The van der Waals surface area contributed by atoms with Gasteiger partial charge < -0.3 is 9.64 Å². The molecule has 0 aromatic carbocycles. The second kappa shape index (κ2) is 7.25. The molecule has 1 unspecified atom stereocenters. The SMILES string of the molecule is COC(=O)CC(C)N1CCC(N2CCCCC2)CC1. The summed E-state index contributed by atoms with van der Waals surface area (Å²) in [4.78, 5) is 16.4. The molecule has 1 atom stereocenters. The average molecular weight is 268 g/mol. The van der Waals surface area contributed by atoms with Crippen LogP contribution in [-0.2, 0) is 9.53 Å². The minimum Gasteiger partial charge on any atom is -0.469 e. The van der Waals surface area contributed by atoms with Crippen molar-refractivity contribution in [1.29, 1.82) is 0 Å². The van der Waals surface area contributed by atoms with Crippen LogP contribution in [0.5, 0.6) is 0 Å². The summed E-state index contributed by atoms with van der Waals surface area (Å²) in [5, 5.41) is 0. The molecule has 2 saturated heterocycles. The van der Waals surface area contributed by atoms with Gasteiger partial charge in [0.25, 0.3) is 0 Å². The van der Waals surface area contributed by atoms with Gasteiger partial charge >= 0.3 is 5.97 Å². The molecule has 4 heteroatoms. The molecule has 0 saturated carbocycles. The molecule has 110 valence electrons. The average Bonchev–Trinajstić information content (AvgIpc) is 2.48. The second-order valence-electron chi connectivity index (χ2n) is 5.99. The van der Waals surface area contributed by atoms with E-state index in [0.717, 1.165) is 19.1 Å². The van der Waals surface area contributed by atoms with Crippen molar-refractivity contribution in [3.05, 3.63) is 0 Å². The largest absolute Gasteiger partial charge is 0.469 e. The van der Waals surface area contributed by atoms with E-state index in [1.165, 1.54) is 52.3 Å². The zero-order valence-electron chi connectivity index (χ0n) is 12.4. The standard InChI is InChI=1S/C15H28N2O2/c1-13(12-15(18)19-2)16-10-6-14(7-11-16)17-8-4-3-5-9-17/h13-14H,3-12H2,1-2H3. The molecule has 0 spiro atoms. The van der Waals surface area contributed by atoms with E-state index in [-0.39, 0.29) is 5.97 Å². The van der Waals surface area contributed by atoms with E-state index in [1.807, 2.05) is 0 Å². The van der Waals surface area contributed by atoms with Crippen molar-refractivity contribution in [2.24, 2.45) is 0 Å². The highest BCUT2D eigenvalue weighted by Gasteiger charge is 2.28. The Morgan fingerprint density at radius 1 is 1.16 bits per heavy atom. The van der Waals surface area contributed by atoms with Crippen LogP contribution < -0.4 is 0 Å². The Balaban J connectivity index is 1.73. The number of likely N-dealkylation sites (tertiary alicyclic amines) is 2. The number of nitrogens with zero attached hydrogens (tertiary/aromatic N) is 2. The van der Waals surface area contributed by atoms with Crippen molar-refractivity contribution in [3.8, 4) is 0 Å². The summed E-state index contributed by atoms with van der Waals surface area (Å²) in [5.74, 6) is -0.0920. The number of esters is 1. The van der Waals surface area contributed by atoms with E-state index in [2.05, 4.69) is 16.7 Å². The summed E-state index contributed by atoms with van der Waals surface area (Å²) in [7, 11) is 1.47. The molecule has 4 nitrogen and oxygen atoms in total. The third-order valence-corrected chi connectivity index (χ3v) is 4.72. The van der Waals surface area contributed by atoms with Crippen LogP contribution in [0.25, 0.3) is 0 Å². The highest BCUT2D eigenvalue weighted by molar-refractivity contribution is 5.69. The maximum absolute atomic E-state index is 11.3. The Morgan fingerprint density at radius 2 is 1.79 bits per heavy atom. The van der Waals surface area contributed by atoms with Gasteiger partial charge in [0.1, 0.15) is 0 Å². The Kier molecular flexibility index (Phi) is 5.64. The third kappa shape index (κ3) is 4.18. The van der Waals surface area contributed by atoms with Crippen LogP contribution in [0.4, 0.5) is 0 Å². The maximum atomic E-state index is 11.3. The van der Waals surface area contributed by atoms with E-state index >= 15 is 0 Å². The number of hydrogen-bond acceptors (Lipinski definition) is 4. The molecule has 0 aliphatic carbocycles. The van der Waals surface area contributed by atoms with Gasteiger partial charge in [0.05, 0.1) is 13.5 Å². The zero-order chi connectivity index (χ0) is 13.7. The van der Waals surface area contributed by atoms with Crippen LogP contribution in [0.15, 0.2) is 0 Å². The van der Waals surface area contributed by atoms with E-state index in [0.29, 0.717) is 12.5 Å². The molecule has 19 heavy (non-hydrogen) atoms. The first-order chi connectivity index (χ1) is 9.20. The van der Waals surface area contributed by atoms with Crippen molar-refractivity contribution in [1.82, 2.24) is 9.80 Å². The molecular formula is C15H28N2O2. The van der Waals surface area contributed by atoms with Crippen molar-refractivity contribution < 1.29 is 9.53 Å². The van der Waals surface area contributed by atoms with Gasteiger partial charge in [-0.1, -0.05) is 6.42 Å². The lowest BCUT2D eigenvalue weighted by Gasteiger charge is -2.41. The number of ether oxygens (including phenoxy) is 1. The van der Waals surface area contributed by atoms with E-state index in [4.69, 9.17) is 4.74 Å². The fraction of sp³-hybridized carbons (Fsp3) is 0.933. The summed E-state index contributed by atoms with van der Waals surface area (Å²) >= 11 is 0. The van der Waals surface area contributed by atoms with Crippen molar-refractivity contribution in [3.63, 3.8) is 0 Å². The number of carbonyl (C=O) groups is 1. The molecule has 2 aliphatic rings. The summed E-state index contributed by atoms with van der Waals surface area (Å²) < 4.78 is 4.75. The van der Waals surface area contributed by atoms with Gasteiger partial charge in [0.2, 0.25) is 0 Å². The third-order valence-electron chi connectivity index (χ3n) is 4.72. The predicted octanol–water partition coefficient (Wildman–Crippen LogP) is 1.89. The smallest absolute Gasteiger partial charge is 0.307 e. The lowest BCUT2D eigenvalue weighted by atomic mass is 9.98. The summed E-state index contributed by atoms with van der Waals surface area (Å²) in [6, 6.07) is 1.09. The minimum absolute atomic E-state index is 0.0920. The lowest BCUT2D eigenvalue weighted by molar-refractivity contribution is -0.142. The Bertz CT molecular complexity index is 282. The van der Waals surface area contributed by atoms with Gasteiger partial charge in [-0.3, -0.25) is 9.69 Å². The number of hydrogen-bond donors (Lipinski definition) is 0. The highest BCUT2D eigenvalue weighted by Crippen LogP contribution is 2.22. The van der Waals surface area contributed by atoms with Gasteiger partial charge in [0.15, 0.2) is 0 Å². The summed E-state index contributed by atoms with van der Waals surface area (Å²) in [6.45, 7) is 6.97. The Labute approximate surface area is 117 Å². The molecule has 2 fully saturated rings.